The van der Waals surface area contributed by atoms with Crippen molar-refractivity contribution in [1.29, 1.82) is 0 Å². The number of nitrogens with two attached hydrogens (primary N) is 1. The lowest BCUT2D eigenvalue weighted by Gasteiger charge is -2.30. The number of fused-ring (bicyclic) bond motifs is 1. The zero-order chi connectivity index (χ0) is 22.1. The number of nitrogens with one attached hydrogen (secondary N) is 1. The molecular weight excluding hydrogens is 385 g/mol. The van der Waals surface area contributed by atoms with E-state index in [1.807, 2.05) is 23.8 Å². The summed E-state index contributed by atoms with van der Waals surface area (Å²) < 4.78 is 21.9. The molecule has 0 bridgehead atoms. The number of aromatic nitrogens is 1. The van der Waals surface area contributed by atoms with Gasteiger partial charge in [0.05, 0.1) is 12.2 Å². The maximum absolute atomic E-state index is 14.7. The number of carbonyl (C=O) groups is 2. The first-order valence-corrected chi connectivity index (χ1v) is 10.2. The molecule has 0 radical (unpaired) electrons. The van der Waals surface area contributed by atoms with Crippen LogP contribution in [0.2, 0.25) is 0 Å². The van der Waals surface area contributed by atoms with Crippen LogP contribution in [0.3, 0.4) is 0 Å². The Morgan fingerprint density at radius 1 is 1.47 bits per heavy atom. The lowest BCUT2D eigenvalue weighted by Crippen LogP contribution is -2.30. The summed E-state index contributed by atoms with van der Waals surface area (Å²) in [5.41, 5.74) is 7.57. The summed E-state index contributed by atoms with van der Waals surface area (Å²) in [5.74, 6) is -1.60. The molecule has 1 amide bonds. The van der Waals surface area contributed by atoms with Gasteiger partial charge in [-0.1, -0.05) is 20.4 Å². The summed E-state index contributed by atoms with van der Waals surface area (Å²) in [6.45, 7) is 11.3. The second kappa shape index (κ2) is 8.70. The maximum atomic E-state index is 14.7. The molecule has 1 aliphatic heterocycles. The summed E-state index contributed by atoms with van der Waals surface area (Å²) in [5, 5.41) is 3.37. The SMILES string of the molecule is C=C(C(N)=O)/C(F)=C\C(=C/CN[C@H]1CCOC1)n1cc(C)c2c1CC(C)(C)CC2=O. The summed E-state index contributed by atoms with van der Waals surface area (Å²) in [4.78, 5) is 24.1. The van der Waals surface area contributed by atoms with Crippen LogP contribution in [0.15, 0.2) is 36.3 Å². The molecule has 1 atom stereocenters. The number of aryl methyl sites for hydroxylation is 1. The summed E-state index contributed by atoms with van der Waals surface area (Å²) in [6.07, 6.45) is 7.05. The number of nitrogens with zero attached hydrogens (tertiary/aromatic N) is 1. The fourth-order valence-electron chi connectivity index (χ4n) is 4.09. The minimum atomic E-state index is -0.911. The molecule has 6 nitrogen and oxygen atoms in total. The van der Waals surface area contributed by atoms with E-state index >= 15 is 0 Å². The van der Waals surface area contributed by atoms with Crippen molar-refractivity contribution in [2.45, 2.75) is 46.1 Å². The van der Waals surface area contributed by atoms with E-state index < -0.39 is 11.7 Å². The van der Waals surface area contributed by atoms with Crippen molar-refractivity contribution in [3.8, 4) is 0 Å². The predicted molar refractivity (Wildman–Crippen MR) is 115 cm³/mol. The molecule has 2 aliphatic rings. The Hall–Kier alpha value is -2.51. The van der Waals surface area contributed by atoms with E-state index in [0.29, 0.717) is 37.3 Å². The normalized spacial score (nSPS) is 21.6. The zero-order valence-corrected chi connectivity index (χ0v) is 17.9. The molecule has 1 aliphatic carbocycles. The Balaban J connectivity index is 2.01. The standard InChI is InChI=1S/C23H30FN3O3/c1-14-12-27(19-10-23(3,4)11-20(28)21(14)19)17(9-18(24)15(2)22(25)29)5-7-26-16-6-8-30-13-16/h5,9,12,16,26H,2,6-8,10-11,13H2,1,3-4H3,(H2,25,29)/b17-5+,18-9+/t16-/m0/s1. The molecule has 162 valence electrons. The van der Waals surface area contributed by atoms with E-state index in [-0.39, 0.29) is 22.8 Å². The smallest absolute Gasteiger partial charge is 0.251 e. The van der Waals surface area contributed by atoms with Crippen molar-refractivity contribution in [3.63, 3.8) is 0 Å². The third kappa shape index (κ3) is 4.79. The van der Waals surface area contributed by atoms with E-state index in [4.69, 9.17) is 10.5 Å². The topological polar surface area (TPSA) is 86.3 Å². The maximum Gasteiger partial charge on any atom is 0.251 e. The average molecular weight is 416 g/mol. The van der Waals surface area contributed by atoms with Crippen LogP contribution in [-0.4, -0.2) is 42.1 Å². The van der Waals surface area contributed by atoms with Gasteiger partial charge in [-0.15, -0.1) is 0 Å². The fourth-order valence-corrected chi connectivity index (χ4v) is 4.09. The van der Waals surface area contributed by atoms with Gasteiger partial charge in [-0.05, 0) is 42.9 Å². The molecular formula is C23H30FN3O3. The van der Waals surface area contributed by atoms with Crippen molar-refractivity contribution in [3.05, 3.63) is 53.1 Å². The third-order valence-electron chi connectivity index (χ3n) is 5.65. The van der Waals surface area contributed by atoms with Crippen LogP contribution in [0.5, 0.6) is 0 Å². The number of primary amides is 1. The largest absolute Gasteiger partial charge is 0.380 e. The number of hydrogen-bond acceptors (Lipinski definition) is 4. The molecule has 0 spiro atoms. The van der Waals surface area contributed by atoms with E-state index in [0.717, 1.165) is 24.3 Å². The number of rotatable bonds is 7. The van der Waals surface area contributed by atoms with E-state index in [1.54, 1.807) is 0 Å². The molecule has 1 aromatic rings. The van der Waals surface area contributed by atoms with Crippen molar-refractivity contribution >= 4 is 17.4 Å². The molecule has 7 heteroatoms. The van der Waals surface area contributed by atoms with E-state index in [2.05, 4.69) is 25.7 Å². The van der Waals surface area contributed by atoms with Crippen molar-refractivity contribution < 1.29 is 18.7 Å². The molecule has 1 aromatic heterocycles. The Kier molecular flexibility index (Phi) is 6.43. The van der Waals surface area contributed by atoms with Gasteiger partial charge in [-0.3, -0.25) is 9.59 Å². The lowest BCUT2D eigenvalue weighted by molar-refractivity contribution is -0.114. The molecule has 0 aromatic carbocycles. The number of carbonyl (C=O) groups excluding carboxylic acids is 2. The lowest BCUT2D eigenvalue weighted by atomic mass is 9.75. The van der Waals surface area contributed by atoms with E-state index in [9.17, 15) is 14.0 Å². The van der Waals surface area contributed by atoms with Crippen molar-refractivity contribution in [1.82, 2.24) is 9.88 Å². The number of ketones is 1. The number of hydrogen-bond donors (Lipinski definition) is 2. The predicted octanol–water partition coefficient (Wildman–Crippen LogP) is 3.07. The molecule has 3 N–H and O–H groups in total. The Labute approximate surface area is 176 Å². The highest BCUT2D eigenvalue weighted by molar-refractivity contribution is 6.00. The average Bonchev–Trinajstić information content (AvgIpc) is 3.27. The molecule has 0 saturated carbocycles. The number of amides is 1. The molecule has 3 rings (SSSR count). The molecule has 2 heterocycles. The number of ether oxygens (including phenoxy) is 1. The zero-order valence-electron chi connectivity index (χ0n) is 17.9. The van der Waals surface area contributed by atoms with Crippen LogP contribution in [0.4, 0.5) is 4.39 Å². The third-order valence-corrected chi connectivity index (χ3v) is 5.65. The summed E-state index contributed by atoms with van der Waals surface area (Å²) in [7, 11) is 0. The van der Waals surface area contributed by atoms with Crippen molar-refractivity contribution in [2.24, 2.45) is 11.1 Å². The number of Topliss-reactive ketones (excluding diaryl/α,β-unsaturated/α-hetero) is 1. The van der Waals surface area contributed by atoms with Gasteiger partial charge < -0.3 is 20.4 Å². The fraction of sp³-hybridized carbons (Fsp3) is 0.478. The highest BCUT2D eigenvalue weighted by Gasteiger charge is 2.35. The second-order valence-electron chi connectivity index (χ2n) is 8.88. The molecule has 1 fully saturated rings. The van der Waals surface area contributed by atoms with Gasteiger partial charge in [0.15, 0.2) is 5.78 Å². The van der Waals surface area contributed by atoms with Gasteiger partial charge in [0.2, 0.25) is 0 Å². The van der Waals surface area contributed by atoms with Crippen LogP contribution in [0.25, 0.3) is 5.70 Å². The first-order chi connectivity index (χ1) is 14.1. The van der Waals surface area contributed by atoms with Gasteiger partial charge in [0.1, 0.15) is 5.83 Å². The Morgan fingerprint density at radius 3 is 2.83 bits per heavy atom. The highest BCUT2D eigenvalue weighted by atomic mass is 19.1. The van der Waals surface area contributed by atoms with Crippen LogP contribution >= 0.6 is 0 Å². The first-order valence-electron chi connectivity index (χ1n) is 10.2. The quantitative estimate of drug-likeness (QED) is 0.529. The minimum absolute atomic E-state index is 0.101. The number of allylic oxidation sites excluding steroid dienone is 2. The molecule has 0 unspecified atom stereocenters. The van der Waals surface area contributed by atoms with Gasteiger partial charge in [0, 0.05) is 48.8 Å². The second-order valence-corrected chi connectivity index (χ2v) is 8.88. The van der Waals surface area contributed by atoms with Crippen LogP contribution in [0.1, 0.15) is 48.3 Å². The van der Waals surface area contributed by atoms with Crippen molar-refractivity contribution in [2.75, 3.05) is 19.8 Å². The van der Waals surface area contributed by atoms with Gasteiger partial charge in [-0.25, -0.2) is 4.39 Å². The first kappa shape index (κ1) is 22.2. The number of halogens is 1. The minimum Gasteiger partial charge on any atom is -0.380 e. The molecule has 30 heavy (non-hydrogen) atoms. The van der Waals surface area contributed by atoms with Crippen LogP contribution < -0.4 is 11.1 Å². The van der Waals surface area contributed by atoms with Gasteiger partial charge in [-0.2, -0.15) is 0 Å². The van der Waals surface area contributed by atoms with Crippen LogP contribution in [-0.2, 0) is 16.0 Å². The van der Waals surface area contributed by atoms with Crippen LogP contribution in [0, 0.1) is 12.3 Å². The Morgan fingerprint density at radius 2 is 2.20 bits per heavy atom. The highest BCUT2D eigenvalue weighted by Crippen LogP contribution is 2.38. The van der Waals surface area contributed by atoms with E-state index in [1.165, 1.54) is 6.08 Å². The Bertz CT molecular complexity index is 934. The summed E-state index contributed by atoms with van der Waals surface area (Å²) in [6, 6.07) is 0.248. The summed E-state index contributed by atoms with van der Waals surface area (Å²) >= 11 is 0. The molecule has 1 saturated heterocycles. The van der Waals surface area contributed by atoms with Gasteiger partial charge in [0.25, 0.3) is 5.91 Å². The van der Waals surface area contributed by atoms with Gasteiger partial charge >= 0.3 is 0 Å². The monoisotopic (exact) mass is 415 g/mol.